The number of carboxylic acids is 3. The monoisotopic (exact) mass is 519 g/mol. The topological polar surface area (TPSA) is 199 Å². The number of ether oxygens (including phenoxy) is 1. The van der Waals surface area contributed by atoms with Crippen LogP contribution in [0.25, 0.3) is 0 Å². The zero-order valence-electron chi connectivity index (χ0n) is 20.4. The largest absolute Gasteiger partial charge is 0.550 e. The van der Waals surface area contributed by atoms with Crippen molar-refractivity contribution in [2.24, 2.45) is 0 Å². The van der Waals surface area contributed by atoms with Gasteiger partial charge in [0.1, 0.15) is 12.6 Å². The highest BCUT2D eigenvalue weighted by atomic mass is 16.6. The van der Waals surface area contributed by atoms with Crippen LogP contribution in [-0.4, -0.2) is 100 Å². The number of esters is 1. The van der Waals surface area contributed by atoms with Crippen molar-refractivity contribution in [1.82, 2.24) is 0 Å². The summed E-state index contributed by atoms with van der Waals surface area (Å²) in [6.07, 6.45) is -3.91. The van der Waals surface area contributed by atoms with Crippen molar-refractivity contribution in [3.8, 4) is 0 Å². The summed E-state index contributed by atoms with van der Waals surface area (Å²) in [4.78, 5) is 58.1. The smallest absolute Gasteiger partial charge is 0.360 e. The summed E-state index contributed by atoms with van der Waals surface area (Å²) < 4.78 is 5.36. The Labute approximate surface area is 212 Å². The first-order valence-electron chi connectivity index (χ1n) is 10.8. The predicted molar refractivity (Wildman–Crippen MR) is 125 cm³/mol. The number of rotatable bonds is 11. The van der Waals surface area contributed by atoms with Gasteiger partial charge in [0, 0.05) is 18.0 Å². The quantitative estimate of drug-likeness (QED) is 0.125. The van der Waals surface area contributed by atoms with Crippen molar-refractivity contribution in [3.05, 3.63) is 71.8 Å². The van der Waals surface area contributed by atoms with Gasteiger partial charge in [0.2, 0.25) is 11.9 Å². The molecule has 3 unspecified atom stereocenters. The van der Waals surface area contributed by atoms with Crippen LogP contribution >= 0.6 is 0 Å². The lowest BCUT2D eigenvalue weighted by Gasteiger charge is -2.30. The molecule has 2 rings (SSSR count). The minimum absolute atomic E-state index is 0.114. The summed E-state index contributed by atoms with van der Waals surface area (Å²) in [5, 5.41) is 47.7. The Balaban J connectivity index is 0.000000525. The number of carboxylic acid groups (broad SMARTS) is 3. The molecule has 3 atom stereocenters. The lowest BCUT2D eigenvalue weighted by Crippen LogP contribution is -2.61. The molecule has 12 nitrogen and oxygen atoms in total. The van der Waals surface area contributed by atoms with Crippen molar-refractivity contribution in [2.45, 2.75) is 24.2 Å². The van der Waals surface area contributed by atoms with Crippen LogP contribution in [0.2, 0.25) is 0 Å². The van der Waals surface area contributed by atoms with E-state index in [1.807, 2.05) is 21.1 Å². The maximum Gasteiger partial charge on any atom is 0.360 e. The van der Waals surface area contributed by atoms with Gasteiger partial charge in [-0.25, -0.2) is 14.4 Å². The third-order valence-electron chi connectivity index (χ3n) is 4.73. The molecule has 2 aromatic rings. The van der Waals surface area contributed by atoms with Gasteiger partial charge in [-0.05, 0) is 12.1 Å². The van der Waals surface area contributed by atoms with Crippen LogP contribution < -0.4 is 5.11 Å². The number of hydrogen-bond acceptors (Lipinski definition) is 9. The first-order chi connectivity index (χ1) is 17.1. The number of aliphatic hydroxyl groups excluding tert-OH is 2. The SMILES string of the molecule is C[N+](C)(C)CC(O)CC(=O)[O-].O=C(OC(C(=O)O)(C(=O)c1ccccc1)C(O)C(=O)O)c1ccccc1. The fourth-order valence-electron chi connectivity index (χ4n) is 3.13. The fourth-order valence-corrected chi connectivity index (χ4v) is 3.13. The number of nitrogens with zero attached hydrogens (tertiary/aromatic N) is 1. The molecule has 12 heteroatoms. The van der Waals surface area contributed by atoms with E-state index in [0.29, 0.717) is 11.0 Å². The van der Waals surface area contributed by atoms with Gasteiger partial charge < -0.3 is 39.5 Å². The Bertz CT molecular complexity index is 1100. The van der Waals surface area contributed by atoms with E-state index in [1.54, 1.807) is 12.1 Å². The van der Waals surface area contributed by atoms with Gasteiger partial charge in [0.25, 0.3) is 0 Å². The van der Waals surface area contributed by atoms with Crippen LogP contribution in [0.5, 0.6) is 0 Å². The second kappa shape index (κ2) is 13.3. The van der Waals surface area contributed by atoms with Crippen LogP contribution in [0.3, 0.4) is 0 Å². The molecule has 37 heavy (non-hydrogen) atoms. The average Bonchev–Trinajstić information content (AvgIpc) is 2.81. The van der Waals surface area contributed by atoms with Crippen molar-refractivity contribution < 1.29 is 58.7 Å². The second-order valence-corrected chi connectivity index (χ2v) is 8.94. The van der Waals surface area contributed by atoms with Gasteiger partial charge in [0.05, 0.1) is 26.7 Å². The molecule has 0 aliphatic heterocycles. The summed E-state index contributed by atoms with van der Waals surface area (Å²) in [6.45, 7) is 0.425. The van der Waals surface area contributed by atoms with Crippen LogP contribution in [0.15, 0.2) is 60.7 Å². The third-order valence-corrected chi connectivity index (χ3v) is 4.73. The standard InChI is InChI=1S/C18H14O8.C7H15NO3/c19-13(11-7-3-1-4-8-11)18(17(24)25,14(20)15(21)22)26-16(23)12-9-5-2-6-10-12;1-8(2,3)5-6(9)4-7(10)11/h1-10,14,20H,(H,21,22)(H,24,25);6,9H,4-5H2,1-3H3. The number of aliphatic carboxylic acids is 3. The van der Waals surface area contributed by atoms with E-state index in [1.165, 1.54) is 48.5 Å². The highest BCUT2D eigenvalue weighted by Crippen LogP contribution is 2.26. The summed E-state index contributed by atoms with van der Waals surface area (Å²) >= 11 is 0. The second-order valence-electron chi connectivity index (χ2n) is 8.94. The highest BCUT2D eigenvalue weighted by Gasteiger charge is 2.59. The van der Waals surface area contributed by atoms with Crippen LogP contribution in [0.4, 0.5) is 0 Å². The first kappa shape index (κ1) is 30.9. The van der Waals surface area contributed by atoms with E-state index in [0.717, 1.165) is 0 Å². The average molecular weight is 520 g/mol. The normalized spacial score (nSPS) is 14.1. The fraction of sp³-hybridized carbons (Fsp3) is 0.320. The van der Waals surface area contributed by atoms with Crippen LogP contribution in [0, 0.1) is 0 Å². The van der Waals surface area contributed by atoms with Gasteiger partial charge in [-0.1, -0.05) is 48.5 Å². The molecule has 0 fully saturated rings. The van der Waals surface area contributed by atoms with Crippen molar-refractivity contribution in [2.75, 3.05) is 27.7 Å². The summed E-state index contributed by atoms with van der Waals surface area (Å²) in [5.41, 5.74) is -3.70. The van der Waals surface area contributed by atoms with Gasteiger partial charge in [0.15, 0.2) is 0 Å². The molecule has 0 aliphatic carbocycles. The lowest BCUT2D eigenvalue weighted by molar-refractivity contribution is -0.873. The maximum absolute atomic E-state index is 12.7. The predicted octanol–water partition coefficient (Wildman–Crippen LogP) is -0.811. The van der Waals surface area contributed by atoms with E-state index in [4.69, 9.17) is 14.9 Å². The number of aliphatic hydroxyl groups is 2. The molecule has 0 spiro atoms. The number of carbonyl (C=O) groups excluding carboxylic acids is 3. The van der Waals surface area contributed by atoms with Gasteiger partial charge in [-0.2, -0.15) is 0 Å². The summed E-state index contributed by atoms with van der Waals surface area (Å²) in [6, 6.07) is 13.9. The molecule has 0 saturated heterocycles. The Morgan fingerprint density at radius 3 is 1.70 bits per heavy atom. The number of hydrogen-bond donors (Lipinski definition) is 4. The number of likely N-dealkylation sites (N-methyl/N-ethyl adjacent to an activating group) is 1. The van der Waals surface area contributed by atoms with Gasteiger partial charge in [-0.15, -0.1) is 0 Å². The van der Waals surface area contributed by atoms with Gasteiger partial charge in [-0.3, -0.25) is 4.79 Å². The summed E-state index contributed by atoms with van der Waals surface area (Å²) in [7, 11) is 5.66. The summed E-state index contributed by atoms with van der Waals surface area (Å²) in [5.74, 6) is -7.98. The molecule has 0 aromatic heterocycles. The van der Waals surface area contributed by atoms with E-state index in [9.17, 15) is 39.3 Å². The minimum atomic E-state index is -3.35. The number of Topliss-reactive ketones (excluding diaryl/α,β-unsaturated/α-hetero) is 1. The highest BCUT2D eigenvalue weighted by molar-refractivity contribution is 6.19. The van der Waals surface area contributed by atoms with Crippen molar-refractivity contribution in [1.29, 1.82) is 0 Å². The third kappa shape index (κ3) is 9.11. The molecular formula is C25H29NO11. The van der Waals surface area contributed by atoms with E-state index in [2.05, 4.69) is 0 Å². The van der Waals surface area contributed by atoms with Crippen LogP contribution in [0.1, 0.15) is 27.1 Å². The molecule has 0 bridgehead atoms. The number of quaternary nitrogens is 1. The first-order valence-corrected chi connectivity index (χ1v) is 10.8. The molecule has 0 radical (unpaired) electrons. The Hall–Kier alpha value is -4.13. The minimum Gasteiger partial charge on any atom is -0.550 e. The molecule has 4 N–H and O–H groups in total. The zero-order chi connectivity index (χ0) is 28.4. The molecule has 200 valence electrons. The van der Waals surface area contributed by atoms with Crippen molar-refractivity contribution >= 4 is 29.7 Å². The molecule has 2 aromatic carbocycles. The van der Waals surface area contributed by atoms with Crippen molar-refractivity contribution in [3.63, 3.8) is 0 Å². The zero-order valence-corrected chi connectivity index (χ0v) is 20.4. The Morgan fingerprint density at radius 1 is 0.865 bits per heavy atom. The Kier molecular flexibility index (Phi) is 11.1. The number of ketones is 1. The molecular weight excluding hydrogens is 490 g/mol. The lowest BCUT2D eigenvalue weighted by atomic mass is 9.87. The Morgan fingerprint density at radius 2 is 1.32 bits per heavy atom. The number of carbonyl (C=O) groups is 5. The van der Waals surface area contributed by atoms with Gasteiger partial charge >= 0.3 is 23.5 Å². The number of benzene rings is 2. The maximum atomic E-state index is 12.7. The molecule has 0 heterocycles. The molecule has 0 amide bonds. The van der Waals surface area contributed by atoms with E-state index in [-0.39, 0.29) is 17.5 Å². The van der Waals surface area contributed by atoms with E-state index < -0.39 is 47.5 Å². The molecule has 0 aliphatic rings. The van der Waals surface area contributed by atoms with E-state index >= 15 is 0 Å². The molecule has 0 saturated carbocycles. The van der Waals surface area contributed by atoms with Crippen LogP contribution in [-0.2, 0) is 19.1 Å².